The van der Waals surface area contributed by atoms with Crippen LogP contribution in [-0.2, 0) is 9.59 Å². The number of likely N-dealkylation sites (tertiary alicyclic amines) is 1. The van der Waals surface area contributed by atoms with E-state index in [0.29, 0.717) is 25.8 Å². The normalized spacial score (nSPS) is 18.8. The monoisotopic (exact) mass is 379 g/mol. The number of piperazine rings is 1. The van der Waals surface area contributed by atoms with E-state index in [4.69, 9.17) is 0 Å². The van der Waals surface area contributed by atoms with Gasteiger partial charge in [0.2, 0.25) is 11.8 Å². The number of halogens is 1. The lowest BCUT2D eigenvalue weighted by Gasteiger charge is -2.36. The molecule has 2 fully saturated rings. The average Bonchev–Trinajstić information content (AvgIpc) is 2.60. The molecule has 1 aromatic rings. The number of carbonyl (C=O) groups is 2. The van der Waals surface area contributed by atoms with Crippen molar-refractivity contribution in [1.82, 2.24) is 9.80 Å². The second kappa shape index (κ2) is 9.38. The number of aryl methyl sites for hydroxylation is 2. The van der Waals surface area contributed by atoms with Crippen LogP contribution in [0.5, 0.6) is 0 Å². The molecule has 0 aromatic heterocycles. The molecule has 1 aromatic carbocycles. The van der Waals surface area contributed by atoms with E-state index in [2.05, 4.69) is 41.8 Å². The molecule has 26 heavy (non-hydrogen) atoms. The first-order valence-corrected chi connectivity index (χ1v) is 9.42. The Kier molecular flexibility index (Phi) is 7.47. The van der Waals surface area contributed by atoms with Crippen molar-refractivity contribution in [2.24, 2.45) is 0 Å². The van der Waals surface area contributed by atoms with Gasteiger partial charge < -0.3 is 4.90 Å². The Hall–Kier alpha value is -1.59. The molecule has 2 aliphatic rings. The molecule has 2 amide bonds. The van der Waals surface area contributed by atoms with Crippen molar-refractivity contribution in [2.75, 3.05) is 44.2 Å². The van der Waals surface area contributed by atoms with Crippen LogP contribution < -0.4 is 4.90 Å². The summed E-state index contributed by atoms with van der Waals surface area (Å²) in [5, 5.41) is 0. The minimum Gasteiger partial charge on any atom is -0.369 e. The third-order valence-electron chi connectivity index (χ3n) is 5.47. The fourth-order valence-corrected chi connectivity index (χ4v) is 3.65. The van der Waals surface area contributed by atoms with Gasteiger partial charge in [-0.1, -0.05) is 6.07 Å². The number of carbonyl (C=O) groups excluding carboxylic acids is 2. The van der Waals surface area contributed by atoms with Crippen molar-refractivity contribution in [3.05, 3.63) is 29.3 Å². The summed E-state index contributed by atoms with van der Waals surface area (Å²) < 4.78 is 0. The maximum absolute atomic E-state index is 11.8. The quantitative estimate of drug-likeness (QED) is 0.738. The van der Waals surface area contributed by atoms with Gasteiger partial charge in [0.25, 0.3) is 0 Å². The van der Waals surface area contributed by atoms with Gasteiger partial charge in [0.15, 0.2) is 0 Å². The number of rotatable bonds is 5. The summed E-state index contributed by atoms with van der Waals surface area (Å²) in [6, 6.07) is 6.69. The molecule has 2 saturated heterocycles. The van der Waals surface area contributed by atoms with Gasteiger partial charge >= 0.3 is 0 Å². The number of amides is 2. The van der Waals surface area contributed by atoms with Crippen LogP contribution in [0.1, 0.15) is 36.8 Å². The molecule has 2 heterocycles. The first-order chi connectivity index (χ1) is 12.0. The predicted octanol–water partition coefficient (Wildman–Crippen LogP) is 2.78. The van der Waals surface area contributed by atoms with Crippen LogP contribution in [-0.4, -0.2) is 60.9 Å². The van der Waals surface area contributed by atoms with Crippen LogP contribution in [0.15, 0.2) is 18.2 Å². The van der Waals surface area contributed by atoms with Gasteiger partial charge in [0, 0.05) is 51.3 Å². The fraction of sp³-hybridized carbons (Fsp3) is 0.600. The van der Waals surface area contributed by atoms with E-state index in [-0.39, 0.29) is 24.2 Å². The number of anilines is 1. The van der Waals surface area contributed by atoms with Crippen molar-refractivity contribution < 1.29 is 9.59 Å². The van der Waals surface area contributed by atoms with Crippen molar-refractivity contribution in [1.29, 1.82) is 0 Å². The molecule has 0 unspecified atom stereocenters. The van der Waals surface area contributed by atoms with E-state index in [1.165, 1.54) is 21.7 Å². The molecule has 0 aliphatic carbocycles. The number of benzene rings is 1. The molecule has 0 spiro atoms. The second-order valence-electron chi connectivity index (χ2n) is 7.24. The molecule has 0 atom stereocenters. The lowest BCUT2D eigenvalue weighted by Crippen LogP contribution is -2.47. The van der Waals surface area contributed by atoms with E-state index in [0.717, 1.165) is 39.1 Å². The Balaban J connectivity index is 0.00000243. The van der Waals surface area contributed by atoms with E-state index < -0.39 is 0 Å². The van der Waals surface area contributed by atoms with Gasteiger partial charge in [-0.05, 0) is 56.5 Å². The largest absolute Gasteiger partial charge is 0.369 e. The zero-order chi connectivity index (χ0) is 17.8. The zero-order valence-corrected chi connectivity index (χ0v) is 16.7. The highest BCUT2D eigenvalue weighted by atomic mass is 35.5. The summed E-state index contributed by atoms with van der Waals surface area (Å²) in [6.07, 6.45) is 2.65. The molecule has 2 aliphatic heterocycles. The van der Waals surface area contributed by atoms with Crippen LogP contribution in [0.25, 0.3) is 0 Å². The Morgan fingerprint density at radius 1 is 0.885 bits per heavy atom. The van der Waals surface area contributed by atoms with Gasteiger partial charge in [-0.2, -0.15) is 0 Å². The van der Waals surface area contributed by atoms with Crippen LogP contribution in [0.3, 0.4) is 0 Å². The minimum atomic E-state index is 0. The van der Waals surface area contributed by atoms with E-state index >= 15 is 0 Å². The first-order valence-electron chi connectivity index (χ1n) is 9.42. The van der Waals surface area contributed by atoms with Gasteiger partial charge in [0.05, 0.1) is 0 Å². The lowest BCUT2D eigenvalue weighted by atomic mass is 10.1. The number of nitrogens with zero attached hydrogens (tertiary/aromatic N) is 3. The topological polar surface area (TPSA) is 43.9 Å². The summed E-state index contributed by atoms with van der Waals surface area (Å²) >= 11 is 0. The highest BCUT2D eigenvalue weighted by molar-refractivity contribution is 5.97. The van der Waals surface area contributed by atoms with Gasteiger partial charge in [-0.3, -0.25) is 19.4 Å². The maximum atomic E-state index is 11.8. The van der Waals surface area contributed by atoms with Crippen LogP contribution in [0, 0.1) is 13.8 Å². The lowest BCUT2D eigenvalue weighted by molar-refractivity contribution is -0.148. The van der Waals surface area contributed by atoms with Crippen molar-refractivity contribution in [2.45, 2.75) is 39.5 Å². The van der Waals surface area contributed by atoms with Gasteiger partial charge in [-0.25, -0.2) is 0 Å². The fourth-order valence-electron chi connectivity index (χ4n) is 3.65. The molecule has 0 N–H and O–H groups in total. The highest BCUT2D eigenvalue weighted by Crippen LogP contribution is 2.20. The summed E-state index contributed by atoms with van der Waals surface area (Å²) in [7, 11) is 0. The van der Waals surface area contributed by atoms with Crippen LogP contribution in [0.2, 0.25) is 0 Å². The van der Waals surface area contributed by atoms with Crippen molar-refractivity contribution in [3.63, 3.8) is 0 Å². The number of hydrogen-bond acceptors (Lipinski definition) is 4. The number of piperidine rings is 1. The Morgan fingerprint density at radius 2 is 1.54 bits per heavy atom. The molecule has 0 saturated carbocycles. The summed E-state index contributed by atoms with van der Waals surface area (Å²) in [4.78, 5) is 30.0. The molecular formula is C20H30ClN3O2. The van der Waals surface area contributed by atoms with Crippen molar-refractivity contribution >= 4 is 29.9 Å². The molecule has 3 rings (SSSR count). The second-order valence-corrected chi connectivity index (χ2v) is 7.24. The number of imide groups is 1. The van der Waals surface area contributed by atoms with Crippen molar-refractivity contribution in [3.8, 4) is 0 Å². The molecule has 144 valence electrons. The Labute approximate surface area is 162 Å². The molecule has 0 radical (unpaired) electrons. The molecular weight excluding hydrogens is 350 g/mol. The maximum Gasteiger partial charge on any atom is 0.229 e. The van der Waals surface area contributed by atoms with E-state index in [9.17, 15) is 9.59 Å². The summed E-state index contributed by atoms with van der Waals surface area (Å²) in [5.41, 5.74) is 3.99. The zero-order valence-electron chi connectivity index (χ0n) is 15.9. The van der Waals surface area contributed by atoms with E-state index in [1.807, 2.05) is 0 Å². The van der Waals surface area contributed by atoms with E-state index in [1.54, 1.807) is 0 Å². The summed E-state index contributed by atoms with van der Waals surface area (Å²) in [6.45, 7) is 9.98. The number of hydrogen-bond donors (Lipinski definition) is 0. The minimum absolute atomic E-state index is 0. The van der Waals surface area contributed by atoms with Crippen LogP contribution in [0.4, 0.5) is 5.69 Å². The standard InChI is InChI=1S/C20H29N3O2.ClH/c1-16-7-8-18(15-17(16)2)22-13-11-21(12-14-22)9-4-10-23-19(24)5-3-6-20(23)25;/h7-8,15H,3-6,9-14H2,1-2H3;1H. The predicted molar refractivity (Wildman–Crippen MR) is 107 cm³/mol. The van der Waals surface area contributed by atoms with Gasteiger partial charge in [-0.15, -0.1) is 12.4 Å². The van der Waals surface area contributed by atoms with Crippen LogP contribution >= 0.6 is 12.4 Å². The van der Waals surface area contributed by atoms with Gasteiger partial charge in [0.1, 0.15) is 0 Å². The summed E-state index contributed by atoms with van der Waals surface area (Å²) in [5.74, 6) is 0.0200. The molecule has 6 heteroatoms. The SMILES string of the molecule is Cc1ccc(N2CCN(CCCN3C(=O)CCCC3=O)CC2)cc1C.Cl. The Bertz CT molecular complexity index is 626. The third-order valence-corrected chi connectivity index (χ3v) is 5.47. The first kappa shape index (κ1) is 20.7. The third kappa shape index (κ3) is 4.98. The molecule has 0 bridgehead atoms. The highest BCUT2D eigenvalue weighted by Gasteiger charge is 2.25. The smallest absolute Gasteiger partial charge is 0.229 e. The Morgan fingerprint density at radius 3 is 2.15 bits per heavy atom. The molecule has 5 nitrogen and oxygen atoms in total. The average molecular weight is 380 g/mol.